The van der Waals surface area contributed by atoms with E-state index in [1.165, 1.54) is 36.7 Å². The van der Waals surface area contributed by atoms with Crippen molar-refractivity contribution in [2.24, 2.45) is 0 Å². The van der Waals surface area contributed by atoms with Crippen molar-refractivity contribution < 1.29 is 85.8 Å². The molecule has 111 heavy (non-hydrogen) atoms. The van der Waals surface area contributed by atoms with Crippen LogP contribution in [-0.4, -0.2) is 237 Å². The van der Waals surface area contributed by atoms with Crippen LogP contribution < -0.4 is 43.3 Å². The van der Waals surface area contributed by atoms with Gasteiger partial charge in [0.05, 0.1) is 88.4 Å². The van der Waals surface area contributed by atoms with Crippen molar-refractivity contribution in [2.45, 2.75) is 144 Å². The van der Waals surface area contributed by atoms with Crippen LogP contribution in [0.3, 0.4) is 0 Å². The van der Waals surface area contributed by atoms with Crippen LogP contribution in [0.1, 0.15) is 90.2 Å². The SMILES string of the molecule is CC1(C)SCN[C@@H]1C(=O)N[C@@H](Cc1ccc(-n2c(=O)n(CC(=O)CCCOCCOCCC(=O)CCCCOCCOCCCNC(=O)CCOCCOCCNC(=O)Cn3c(=O)n(-c4ccc(C[C@H](NC(=O)[C@H]5NCSC5(C)C)C(=O)O)cc4)c4ncccc43)c3cccnc32)cc1)C(=O)O.O=S([O-])c1cccnc1. The highest BCUT2D eigenvalue weighted by atomic mass is 32.2. The lowest BCUT2D eigenvalue weighted by molar-refractivity contribution is -0.142. The molecule has 1 unspecified atom stereocenters. The third-order valence-corrected chi connectivity index (χ3v) is 21.1. The van der Waals surface area contributed by atoms with Crippen LogP contribution in [0, 0.1) is 0 Å². The van der Waals surface area contributed by atoms with Gasteiger partial charge in [0.15, 0.2) is 17.1 Å². The number of nitrogens with zero attached hydrogens (tertiary/aromatic N) is 7. The molecule has 2 fully saturated rings. The average molecular weight is 1600 g/mol. The van der Waals surface area contributed by atoms with Gasteiger partial charge in [0.2, 0.25) is 23.6 Å². The molecule has 4 amide bonds. The fourth-order valence-corrected chi connectivity index (χ4v) is 14.3. The first-order chi connectivity index (χ1) is 53.4. The summed E-state index contributed by atoms with van der Waals surface area (Å²) in [4.78, 5) is 141. The predicted molar refractivity (Wildman–Crippen MR) is 413 cm³/mol. The number of thioether (sulfide) groups is 2. The third-order valence-electron chi connectivity index (χ3n) is 17.9. The average Bonchev–Trinajstić information content (AvgIpc) is 1.62. The molecule has 0 radical (unpaired) electrons. The van der Waals surface area contributed by atoms with Gasteiger partial charge in [-0.05, 0) is 136 Å². The van der Waals surface area contributed by atoms with E-state index in [2.05, 4.69) is 46.9 Å². The number of imidazole rings is 2. The molecule has 8 N–H and O–H groups in total. The number of nitrogens with one attached hydrogen (secondary N) is 6. The summed E-state index contributed by atoms with van der Waals surface area (Å²) in [5.41, 5.74) is 2.87. The number of ketones is 2. The maximum Gasteiger partial charge on any atom is 0.335 e. The number of hydrogen-bond acceptors (Lipinski definition) is 25. The number of carboxylic acids is 2. The van der Waals surface area contributed by atoms with Crippen molar-refractivity contribution >= 4 is 104 Å². The zero-order valence-electron chi connectivity index (χ0n) is 62.6. The van der Waals surface area contributed by atoms with Crippen molar-refractivity contribution in [1.82, 2.24) is 65.1 Å². The molecule has 2 saturated heterocycles. The van der Waals surface area contributed by atoms with Gasteiger partial charge in [-0.3, -0.25) is 57.7 Å². The van der Waals surface area contributed by atoms with Crippen molar-refractivity contribution in [3.63, 3.8) is 0 Å². The molecule has 0 aliphatic carbocycles. The molecular weight excluding hydrogens is 1500 g/mol. The van der Waals surface area contributed by atoms with Gasteiger partial charge < -0.3 is 64.5 Å². The minimum absolute atomic E-state index is 0.0199. The number of hydrogen-bond donors (Lipinski definition) is 8. The van der Waals surface area contributed by atoms with Crippen LogP contribution in [0.4, 0.5) is 0 Å². The van der Waals surface area contributed by atoms with Gasteiger partial charge in [0.1, 0.15) is 36.5 Å². The second kappa shape index (κ2) is 44.9. The van der Waals surface area contributed by atoms with Gasteiger partial charge in [-0.15, -0.1) is 23.5 Å². The first-order valence-corrected chi connectivity index (χ1v) is 39.6. The van der Waals surface area contributed by atoms with Crippen molar-refractivity contribution in [1.29, 1.82) is 0 Å². The molecule has 602 valence electrons. The van der Waals surface area contributed by atoms with Crippen molar-refractivity contribution in [2.75, 3.05) is 104 Å². The van der Waals surface area contributed by atoms with E-state index in [-0.39, 0.29) is 117 Å². The fraction of sp³-hybridized carbons (Fsp3) is 0.507. The smallest absolute Gasteiger partial charge is 0.335 e. The molecule has 36 heteroatoms. The van der Waals surface area contributed by atoms with Gasteiger partial charge in [-0.2, -0.15) is 0 Å². The highest BCUT2D eigenvalue weighted by Crippen LogP contribution is 2.34. The number of rotatable bonds is 48. The minimum Gasteiger partial charge on any atom is -0.768 e. The molecule has 2 aromatic carbocycles. The number of pyridine rings is 3. The zero-order chi connectivity index (χ0) is 79.7. The number of carboxylic acid groups (broad SMARTS) is 2. The van der Waals surface area contributed by atoms with Crippen LogP contribution in [-0.2, 0) is 104 Å². The quantitative estimate of drug-likeness (QED) is 0.0200. The summed E-state index contributed by atoms with van der Waals surface area (Å²) in [6.07, 6.45) is 9.51. The second-order valence-corrected chi connectivity index (χ2v) is 31.2. The Balaban J connectivity index is 0.00000160. The van der Waals surface area contributed by atoms with E-state index in [1.54, 1.807) is 115 Å². The Labute approximate surface area is 652 Å². The monoisotopic (exact) mass is 1600 g/mol. The van der Waals surface area contributed by atoms with Crippen LogP contribution in [0.5, 0.6) is 0 Å². The van der Waals surface area contributed by atoms with E-state index in [1.807, 2.05) is 27.7 Å². The lowest BCUT2D eigenvalue weighted by Gasteiger charge is -2.26. The van der Waals surface area contributed by atoms with Gasteiger partial charge in [0.25, 0.3) is 0 Å². The molecule has 2 aliphatic rings. The number of Topliss-reactive ketones (excluding diaryl/α,β-unsaturated/α-hetero) is 2. The molecule has 5 atom stereocenters. The van der Waals surface area contributed by atoms with Crippen LogP contribution in [0.15, 0.2) is 124 Å². The Morgan fingerprint density at radius 2 is 0.982 bits per heavy atom. The Kier molecular flexibility index (Phi) is 35.5. The Morgan fingerprint density at radius 1 is 0.532 bits per heavy atom. The Morgan fingerprint density at radius 3 is 1.45 bits per heavy atom. The van der Waals surface area contributed by atoms with E-state index >= 15 is 0 Å². The molecule has 0 spiro atoms. The lowest BCUT2D eigenvalue weighted by atomic mass is 10.0. The highest BCUT2D eigenvalue weighted by Gasteiger charge is 2.42. The maximum absolute atomic E-state index is 13.8. The van der Waals surface area contributed by atoms with Gasteiger partial charge in [-0.1, -0.05) is 24.3 Å². The van der Waals surface area contributed by atoms with Crippen LogP contribution >= 0.6 is 23.5 Å². The van der Waals surface area contributed by atoms with E-state index in [9.17, 15) is 66.9 Å². The molecule has 0 saturated carbocycles. The standard InChI is InChI=1S/C70H94N12O18S2.C5H5NO2S/c1-69(2)59(75-45-101-69)63(87)77-53(65(89)90)41-47-15-19-49(20-16-47)81-61-55(13-7-25-73-61)79(67(81)93)43-52(84)12-9-30-96-37-38-98-32-23-51(83)11-5-6-29-95-35-36-97-31-10-27-71-57(85)24-33-99-39-40-100-34-28-72-58(86)44-80-56-14-8-26-74-62(56)82(68(80)94)50-21-17-48(18-22-50)42-54(66(91)92)78-64(88)60-70(3,4)102-46-76-60;7-9(8)5-2-1-3-6-4-5/h7-8,13-22,25-26,53-54,59-60,75-76H,5-6,9-12,23-24,27-46H2,1-4H3,(H,71,85)(H,72,86)(H,77,87)(H,78,88)(H,89,90)(H,91,92);1-4H,(H,7,8)/p-1/t53-,54-,59+,60+;/m0./s1. The highest BCUT2D eigenvalue weighted by molar-refractivity contribution is 8.01. The summed E-state index contributed by atoms with van der Waals surface area (Å²) < 4.78 is 58.6. The first-order valence-electron chi connectivity index (χ1n) is 36.6. The number of unbranched alkanes of at least 4 members (excludes halogenated alkanes) is 1. The normalized spacial score (nSPS) is 15.8. The molecule has 7 aromatic rings. The molecule has 5 aromatic heterocycles. The predicted octanol–water partition coefficient (Wildman–Crippen LogP) is 3.40. The number of fused-ring (bicyclic) bond motifs is 2. The molecule has 9 rings (SSSR count). The number of aliphatic carboxylic acids is 2. The molecule has 33 nitrogen and oxygen atoms in total. The largest absolute Gasteiger partial charge is 0.768 e. The molecule has 0 bridgehead atoms. The topological polar surface area (TPSA) is 437 Å². The second-order valence-electron chi connectivity index (χ2n) is 27.0. The van der Waals surface area contributed by atoms with E-state index in [0.717, 1.165) is 6.42 Å². The van der Waals surface area contributed by atoms with Gasteiger partial charge in [-0.25, -0.2) is 38.3 Å². The summed E-state index contributed by atoms with van der Waals surface area (Å²) in [6, 6.07) is 19.9. The van der Waals surface area contributed by atoms with Crippen molar-refractivity contribution in [3.05, 3.63) is 142 Å². The van der Waals surface area contributed by atoms with Gasteiger partial charge >= 0.3 is 23.3 Å². The number of benzene rings is 2. The van der Waals surface area contributed by atoms with Crippen LogP contribution in [0.25, 0.3) is 33.7 Å². The van der Waals surface area contributed by atoms with E-state index < -0.39 is 69.2 Å². The van der Waals surface area contributed by atoms with Gasteiger partial charge in [0, 0.05) is 122 Å². The van der Waals surface area contributed by atoms with E-state index in [4.69, 9.17) is 28.4 Å². The number of carbonyl (C=O) groups excluding carboxylic acids is 6. The summed E-state index contributed by atoms with van der Waals surface area (Å²) >= 11 is 1.03. The number of amides is 4. The first kappa shape index (κ1) is 87.7. The Bertz CT molecular complexity index is 4120. The summed E-state index contributed by atoms with van der Waals surface area (Å²) in [5.74, 6) is -2.56. The van der Waals surface area contributed by atoms with Crippen molar-refractivity contribution in [3.8, 4) is 11.4 Å². The van der Waals surface area contributed by atoms with E-state index in [0.29, 0.717) is 141 Å². The lowest BCUT2D eigenvalue weighted by Crippen LogP contribution is -2.54. The number of carbonyl (C=O) groups is 8. The Hall–Kier alpha value is -8.92. The minimum atomic E-state index is -2.14. The molecular formula is C75H98N13O20S3-. The fourth-order valence-electron chi connectivity index (χ4n) is 12.0. The molecule has 2 aliphatic heterocycles. The summed E-state index contributed by atoms with van der Waals surface area (Å²) in [5, 5.41) is 37.0. The number of ether oxygens (including phenoxy) is 6. The molecule has 7 heterocycles. The van der Waals surface area contributed by atoms with Crippen LogP contribution in [0.2, 0.25) is 0 Å². The summed E-state index contributed by atoms with van der Waals surface area (Å²) in [6.45, 7) is 11.7. The third kappa shape index (κ3) is 27.5. The zero-order valence-corrected chi connectivity index (χ0v) is 65.0. The maximum atomic E-state index is 13.8. The number of aromatic nitrogens is 7. The summed E-state index contributed by atoms with van der Waals surface area (Å²) in [7, 11) is 0.